The van der Waals surface area contributed by atoms with Gasteiger partial charge in [-0.3, -0.25) is 0 Å². The summed E-state index contributed by atoms with van der Waals surface area (Å²) in [5.41, 5.74) is 0. The maximum Gasteiger partial charge on any atom is 0.0600 e. The zero-order chi connectivity index (χ0) is 6.55. The summed E-state index contributed by atoms with van der Waals surface area (Å²) < 4.78 is 5.81. The van der Waals surface area contributed by atoms with Gasteiger partial charge in [0.1, 0.15) is 0 Å². The van der Waals surface area contributed by atoms with Crippen molar-refractivity contribution >= 4 is 11.8 Å². The molecule has 2 heteroatoms. The maximum absolute atomic E-state index is 5.81. The van der Waals surface area contributed by atoms with E-state index in [4.69, 9.17) is 4.74 Å². The second-order valence-electron chi connectivity index (χ2n) is 3.70. The van der Waals surface area contributed by atoms with E-state index in [1.54, 1.807) is 0 Å². The SMILES string of the molecule is C1C2CC3CC(CC1S3)O2. The van der Waals surface area contributed by atoms with Gasteiger partial charge >= 0.3 is 0 Å². The van der Waals surface area contributed by atoms with Gasteiger partial charge in [-0.05, 0) is 25.7 Å². The highest BCUT2D eigenvalue weighted by Gasteiger charge is 2.43. The zero-order valence-corrected chi connectivity index (χ0v) is 6.77. The Morgan fingerprint density at radius 1 is 0.900 bits per heavy atom. The Kier molecular flexibility index (Phi) is 1.13. The molecule has 4 aliphatic rings. The second kappa shape index (κ2) is 1.92. The molecule has 0 spiro atoms. The zero-order valence-electron chi connectivity index (χ0n) is 5.95. The minimum Gasteiger partial charge on any atom is -0.375 e. The minimum absolute atomic E-state index is 0.656. The average Bonchev–Trinajstić information content (AvgIpc) is 1.82. The number of hydrogen-bond donors (Lipinski definition) is 0. The molecular formula is C8H12OS. The predicted molar refractivity (Wildman–Crippen MR) is 42.3 cm³/mol. The standard InChI is InChI=1S/C8H12OS/c1-5-2-8-4-6(9-5)3-7(1)10-8/h5-8H,1-4H2. The van der Waals surface area contributed by atoms with Gasteiger partial charge in [-0.25, -0.2) is 0 Å². The molecule has 0 aromatic carbocycles. The van der Waals surface area contributed by atoms with Gasteiger partial charge in [0.2, 0.25) is 0 Å². The van der Waals surface area contributed by atoms with Crippen LogP contribution >= 0.6 is 11.8 Å². The average molecular weight is 156 g/mol. The normalized spacial score (nSPS) is 57.6. The number of hydrogen-bond acceptors (Lipinski definition) is 2. The first kappa shape index (κ1) is 5.90. The van der Waals surface area contributed by atoms with Crippen LogP contribution in [0.5, 0.6) is 0 Å². The lowest BCUT2D eigenvalue weighted by molar-refractivity contribution is -0.0841. The van der Waals surface area contributed by atoms with Crippen molar-refractivity contribution < 1.29 is 4.74 Å². The summed E-state index contributed by atoms with van der Waals surface area (Å²) in [6.45, 7) is 0. The monoisotopic (exact) mass is 156 g/mol. The van der Waals surface area contributed by atoms with Gasteiger partial charge in [0.25, 0.3) is 0 Å². The number of thioether (sulfide) groups is 1. The molecular weight excluding hydrogens is 144 g/mol. The summed E-state index contributed by atoms with van der Waals surface area (Å²) in [6, 6.07) is 0. The lowest BCUT2D eigenvalue weighted by Gasteiger charge is -2.48. The summed E-state index contributed by atoms with van der Waals surface area (Å²) in [7, 11) is 0. The van der Waals surface area contributed by atoms with Crippen LogP contribution in [0.25, 0.3) is 0 Å². The molecule has 0 unspecified atom stereocenters. The van der Waals surface area contributed by atoms with Crippen LogP contribution in [0.2, 0.25) is 0 Å². The molecule has 4 bridgehead atoms. The highest BCUT2D eigenvalue weighted by atomic mass is 32.2. The summed E-state index contributed by atoms with van der Waals surface area (Å²) in [6.07, 6.45) is 6.69. The Bertz CT molecular complexity index is 101. The van der Waals surface area contributed by atoms with Crippen LogP contribution in [0.4, 0.5) is 0 Å². The van der Waals surface area contributed by atoms with Crippen LogP contribution in [-0.4, -0.2) is 22.7 Å². The highest BCUT2D eigenvalue weighted by molar-refractivity contribution is 8.00. The van der Waals surface area contributed by atoms with Crippen molar-refractivity contribution in [1.82, 2.24) is 0 Å². The Hall–Kier alpha value is 0.310. The highest BCUT2D eigenvalue weighted by Crippen LogP contribution is 2.48. The molecule has 0 aromatic rings. The van der Waals surface area contributed by atoms with Crippen molar-refractivity contribution in [2.75, 3.05) is 0 Å². The van der Waals surface area contributed by atoms with E-state index in [2.05, 4.69) is 11.8 Å². The van der Waals surface area contributed by atoms with Gasteiger partial charge in [-0.15, -0.1) is 0 Å². The maximum atomic E-state index is 5.81. The fraction of sp³-hybridized carbons (Fsp3) is 1.00. The molecule has 56 valence electrons. The van der Waals surface area contributed by atoms with E-state index in [1.807, 2.05) is 0 Å². The van der Waals surface area contributed by atoms with Gasteiger partial charge in [-0.2, -0.15) is 11.8 Å². The van der Waals surface area contributed by atoms with Gasteiger partial charge in [-0.1, -0.05) is 0 Å². The molecule has 10 heavy (non-hydrogen) atoms. The molecule has 4 fully saturated rings. The summed E-state index contributed by atoms with van der Waals surface area (Å²) in [5, 5.41) is 1.94. The third-order valence-corrected chi connectivity index (χ3v) is 4.41. The van der Waals surface area contributed by atoms with Gasteiger partial charge in [0.15, 0.2) is 0 Å². The predicted octanol–water partition coefficient (Wildman–Crippen LogP) is 1.81. The van der Waals surface area contributed by atoms with Crippen LogP contribution in [0.1, 0.15) is 25.7 Å². The molecule has 4 saturated heterocycles. The number of ether oxygens (including phenoxy) is 1. The van der Waals surface area contributed by atoms with Gasteiger partial charge in [0.05, 0.1) is 12.2 Å². The molecule has 0 radical (unpaired) electrons. The second-order valence-corrected chi connectivity index (χ2v) is 5.31. The number of rotatable bonds is 0. The Labute approximate surface area is 65.5 Å². The Balaban J connectivity index is 1.90. The smallest absolute Gasteiger partial charge is 0.0600 e. The molecule has 0 N–H and O–H groups in total. The lowest BCUT2D eigenvalue weighted by atomic mass is 9.90. The fourth-order valence-corrected chi connectivity index (χ4v) is 4.39. The third-order valence-electron chi connectivity index (χ3n) is 2.87. The van der Waals surface area contributed by atoms with Crippen molar-refractivity contribution in [3.63, 3.8) is 0 Å². The van der Waals surface area contributed by atoms with Gasteiger partial charge in [0, 0.05) is 10.5 Å². The van der Waals surface area contributed by atoms with E-state index >= 15 is 0 Å². The molecule has 0 aliphatic carbocycles. The quantitative estimate of drug-likeness (QED) is 0.529. The molecule has 0 aromatic heterocycles. The molecule has 0 saturated carbocycles. The van der Waals surface area contributed by atoms with Crippen molar-refractivity contribution in [3.05, 3.63) is 0 Å². The van der Waals surface area contributed by atoms with Crippen molar-refractivity contribution in [3.8, 4) is 0 Å². The molecule has 0 amide bonds. The fourth-order valence-electron chi connectivity index (χ4n) is 2.55. The van der Waals surface area contributed by atoms with Crippen molar-refractivity contribution in [1.29, 1.82) is 0 Å². The van der Waals surface area contributed by atoms with Crippen LogP contribution in [0, 0.1) is 0 Å². The molecule has 4 heterocycles. The van der Waals surface area contributed by atoms with Crippen molar-refractivity contribution in [2.45, 2.75) is 48.4 Å². The van der Waals surface area contributed by atoms with Crippen LogP contribution in [0.15, 0.2) is 0 Å². The summed E-state index contributed by atoms with van der Waals surface area (Å²) in [4.78, 5) is 0. The minimum atomic E-state index is 0.656. The largest absolute Gasteiger partial charge is 0.375 e. The van der Waals surface area contributed by atoms with E-state index in [0.29, 0.717) is 12.2 Å². The third kappa shape index (κ3) is 0.751. The van der Waals surface area contributed by atoms with E-state index in [-0.39, 0.29) is 0 Å². The first-order chi connectivity index (χ1) is 4.90. The van der Waals surface area contributed by atoms with Crippen LogP contribution in [0.3, 0.4) is 0 Å². The first-order valence-electron chi connectivity index (χ1n) is 4.21. The van der Waals surface area contributed by atoms with Crippen molar-refractivity contribution in [2.24, 2.45) is 0 Å². The van der Waals surface area contributed by atoms with E-state index in [1.165, 1.54) is 25.7 Å². The topological polar surface area (TPSA) is 9.23 Å². The summed E-state index contributed by atoms with van der Waals surface area (Å²) >= 11 is 2.23. The molecule has 1 nitrogen and oxygen atoms in total. The van der Waals surface area contributed by atoms with Crippen LogP contribution in [-0.2, 0) is 4.74 Å². The van der Waals surface area contributed by atoms with E-state index in [0.717, 1.165) is 10.5 Å². The Morgan fingerprint density at radius 3 is 1.80 bits per heavy atom. The molecule has 4 aliphatic heterocycles. The molecule has 4 rings (SSSR count). The van der Waals surface area contributed by atoms with E-state index < -0.39 is 0 Å². The van der Waals surface area contributed by atoms with Gasteiger partial charge < -0.3 is 4.74 Å². The van der Waals surface area contributed by atoms with Crippen LogP contribution < -0.4 is 0 Å². The summed E-state index contributed by atoms with van der Waals surface area (Å²) in [5.74, 6) is 0. The molecule has 0 atom stereocenters. The Morgan fingerprint density at radius 2 is 1.40 bits per heavy atom. The van der Waals surface area contributed by atoms with E-state index in [9.17, 15) is 0 Å². The first-order valence-corrected chi connectivity index (χ1v) is 5.15. The lowest BCUT2D eigenvalue weighted by Crippen LogP contribution is -2.47.